The summed E-state index contributed by atoms with van der Waals surface area (Å²) in [5, 5.41) is 5.43. The third kappa shape index (κ3) is 5.91. The summed E-state index contributed by atoms with van der Waals surface area (Å²) >= 11 is 3.42. The summed E-state index contributed by atoms with van der Waals surface area (Å²) in [7, 11) is -3.31. The molecule has 0 radical (unpaired) electrons. The number of hydrogen-bond donors (Lipinski definition) is 3. The van der Waals surface area contributed by atoms with Crippen LogP contribution in [-0.2, 0) is 16.6 Å². The standard InChI is InChI=1S/C15H16BrN3O3S/c1-23(21,22)19-13-8-6-12(7-9-13)18-15(20)17-10-11-4-2-3-5-14(11)16/h2-9,19H,10H2,1H3,(H2,17,18,20). The molecule has 0 fully saturated rings. The SMILES string of the molecule is CS(=O)(=O)Nc1ccc(NC(=O)NCc2ccccc2Br)cc1. The smallest absolute Gasteiger partial charge is 0.319 e. The summed E-state index contributed by atoms with van der Waals surface area (Å²) in [5.74, 6) is 0. The average Bonchev–Trinajstić information content (AvgIpc) is 2.47. The van der Waals surface area contributed by atoms with Gasteiger partial charge in [0.1, 0.15) is 0 Å². The Labute approximate surface area is 143 Å². The second kappa shape index (κ2) is 7.47. The number of urea groups is 1. The lowest BCUT2D eigenvalue weighted by Crippen LogP contribution is -2.28. The summed E-state index contributed by atoms with van der Waals surface area (Å²) < 4.78 is 25.5. The molecule has 8 heteroatoms. The quantitative estimate of drug-likeness (QED) is 0.723. The molecular formula is C15H16BrN3O3S. The molecule has 2 amide bonds. The second-order valence-corrected chi connectivity index (χ2v) is 7.45. The van der Waals surface area contributed by atoms with Crippen LogP contribution in [0.25, 0.3) is 0 Å². The van der Waals surface area contributed by atoms with Gasteiger partial charge in [0.05, 0.1) is 6.26 Å². The first-order chi connectivity index (χ1) is 10.8. The van der Waals surface area contributed by atoms with E-state index < -0.39 is 10.0 Å². The molecule has 0 saturated heterocycles. The van der Waals surface area contributed by atoms with Crippen LogP contribution in [0.2, 0.25) is 0 Å². The maximum absolute atomic E-state index is 11.9. The van der Waals surface area contributed by atoms with E-state index in [1.165, 1.54) is 0 Å². The van der Waals surface area contributed by atoms with E-state index in [4.69, 9.17) is 0 Å². The fourth-order valence-electron chi connectivity index (χ4n) is 1.83. The molecule has 0 saturated carbocycles. The molecule has 0 atom stereocenters. The summed E-state index contributed by atoms with van der Waals surface area (Å²) in [5.41, 5.74) is 1.97. The van der Waals surface area contributed by atoms with E-state index in [1.54, 1.807) is 24.3 Å². The van der Waals surface area contributed by atoms with Crippen LogP contribution >= 0.6 is 15.9 Å². The number of rotatable bonds is 5. The average molecular weight is 398 g/mol. The molecule has 0 aromatic heterocycles. The molecule has 0 heterocycles. The number of carbonyl (C=O) groups is 1. The van der Waals surface area contributed by atoms with E-state index in [9.17, 15) is 13.2 Å². The zero-order valence-electron chi connectivity index (χ0n) is 12.3. The molecule has 122 valence electrons. The van der Waals surface area contributed by atoms with Crippen molar-refractivity contribution < 1.29 is 13.2 Å². The molecule has 6 nitrogen and oxygen atoms in total. The fourth-order valence-corrected chi connectivity index (χ4v) is 2.82. The van der Waals surface area contributed by atoms with Gasteiger partial charge in [0.15, 0.2) is 0 Å². The van der Waals surface area contributed by atoms with Crippen molar-refractivity contribution in [1.29, 1.82) is 0 Å². The van der Waals surface area contributed by atoms with Crippen LogP contribution in [0.1, 0.15) is 5.56 Å². The first kappa shape index (κ1) is 17.3. The van der Waals surface area contributed by atoms with Gasteiger partial charge >= 0.3 is 6.03 Å². The van der Waals surface area contributed by atoms with E-state index in [1.807, 2.05) is 24.3 Å². The molecule has 23 heavy (non-hydrogen) atoms. The maximum atomic E-state index is 11.9. The largest absolute Gasteiger partial charge is 0.334 e. The van der Waals surface area contributed by atoms with Crippen LogP contribution in [0.5, 0.6) is 0 Å². The van der Waals surface area contributed by atoms with Gasteiger partial charge < -0.3 is 10.6 Å². The van der Waals surface area contributed by atoms with Gasteiger partial charge in [-0.1, -0.05) is 34.1 Å². The molecule has 0 bridgehead atoms. The van der Waals surface area contributed by atoms with E-state index in [-0.39, 0.29) is 6.03 Å². The monoisotopic (exact) mass is 397 g/mol. The molecule has 0 aliphatic rings. The number of hydrogen-bond acceptors (Lipinski definition) is 3. The first-order valence-corrected chi connectivity index (χ1v) is 9.38. The summed E-state index contributed by atoms with van der Waals surface area (Å²) in [6, 6.07) is 13.7. The molecule has 0 aliphatic carbocycles. The Balaban J connectivity index is 1.89. The predicted octanol–water partition coefficient (Wildman–Crippen LogP) is 3.14. The third-order valence-corrected chi connectivity index (χ3v) is 4.22. The Morgan fingerprint density at radius 1 is 1.04 bits per heavy atom. The lowest BCUT2D eigenvalue weighted by Gasteiger charge is -2.10. The van der Waals surface area contributed by atoms with Crippen LogP contribution < -0.4 is 15.4 Å². The van der Waals surface area contributed by atoms with Crippen LogP contribution in [0.4, 0.5) is 16.2 Å². The van der Waals surface area contributed by atoms with Crippen molar-refractivity contribution in [3.63, 3.8) is 0 Å². The van der Waals surface area contributed by atoms with Gasteiger partial charge in [0, 0.05) is 22.4 Å². The van der Waals surface area contributed by atoms with E-state index >= 15 is 0 Å². The highest BCUT2D eigenvalue weighted by Crippen LogP contribution is 2.16. The van der Waals surface area contributed by atoms with Crippen LogP contribution in [0.3, 0.4) is 0 Å². The van der Waals surface area contributed by atoms with E-state index in [0.717, 1.165) is 16.3 Å². The van der Waals surface area contributed by atoms with Crippen molar-refractivity contribution in [1.82, 2.24) is 5.32 Å². The molecule has 2 aromatic rings. The molecule has 0 unspecified atom stereocenters. The molecule has 2 rings (SSSR count). The lowest BCUT2D eigenvalue weighted by molar-refractivity contribution is 0.251. The predicted molar refractivity (Wildman–Crippen MR) is 94.9 cm³/mol. The molecular weight excluding hydrogens is 382 g/mol. The van der Waals surface area contributed by atoms with Gasteiger partial charge in [-0.15, -0.1) is 0 Å². The first-order valence-electron chi connectivity index (χ1n) is 6.69. The number of benzene rings is 2. The minimum atomic E-state index is -3.31. The highest BCUT2D eigenvalue weighted by atomic mass is 79.9. The Kier molecular flexibility index (Phi) is 5.62. The van der Waals surface area contributed by atoms with Crippen LogP contribution in [0, 0.1) is 0 Å². The van der Waals surface area contributed by atoms with Gasteiger partial charge in [-0.25, -0.2) is 13.2 Å². The summed E-state index contributed by atoms with van der Waals surface area (Å²) in [6.45, 7) is 0.390. The lowest BCUT2D eigenvalue weighted by atomic mass is 10.2. The van der Waals surface area contributed by atoms with Gasteiger partial charge in [-0.3, -0.25) is 4.72 Å². The van der Waals surface area contributed by atoms with Gasteiger partial charge in [0.2, 0.25) is 10.0 Å². The fraction of sp³-hybridized carbons (Fsp3) is 0.133. The minimum absolute atomic E-state index is 0.343. The maximum Gasteiger partial charge on any atom is 0.319 e. The normalized spacial score (nSPS) is 10.9. The number of halogens is 1. The van der Waals surface area contributed by atoms with Crippen molar-refractivity contribution >= 4 is 43.4 Å². The van der Waals surface area contributed by atoms with E-state index in [0.29, 0.717) is 17.9 Å². The zero-order chi connectivity index (χ0) is 16.9. The second-order valence-electron chi connectivity index (χ2n) is 4.85. The Bertz CT molecular complexity index is 792. The number of nitrogens with one attached hydrogen (secondary N) is 3. The highest BCUT2D eigenvalue weighted by Gasteiger charge is 2.05. The number of amides is 2. The summed E-state index contributed by atoms with van der Waals surface area (Å²) in [6.07, 6.45) is 1.08. The van der Waals surface area contributed by atoms with Crippen molar-refractivity contribution in [3.8, 4) is 0 Å². The topological polar surface area (TPSA) is 87.3 Å². The van der Waals surface area contributed by atoms with Gasteiger partial charge in [-0.2, -0.15) is 0 Å². The molecule has 2 aromatic carbocycles. The number of carbonyl (C=O) groups excluding carboxylic acids is 1. The zero-order valence-corrected chi connectivity index (χ0v) is 14.7. The molecule has 0 spiro atoms. The van der Waals surface area contributed by atoms with Crippen molar-refractivity contribution in [2.45, 2.75) is 6.54 Å². The minimum Gasteiger partial charge on any atom is -0.334 e. The molecule has 3 N–H and O–H groups in total. The van der Waals surface area contributed by atoms with Crippen molar-refractivity contribution in [2.24, 2.45) is 0 Å². The van der Waals surface area contributed by atoms with Crippen LogP contribution in [-0.4, -0.2) is 20.7 Å². The number of anilines is 2. The van der Waals surface area contributed by atoms with Crippen LogP contribution in [0.15, 0.2) is 53.0 Å². The van der Waals surface area contributed by atoms with Crippen molar-refractivity contribution in [2.75, 3.05) is 16.3 Å². The highest BCUT2D eigenvalue weighted by molar-refractivity contribution is 9.10. The molecule has 0 aliphatic heterocycles. The van der Waals surface area contributed by atoms with Crippen molar-refractivity contribution in [3.05, 3.63) is 58.6 Å². The Morgan fingerprint density at radius 2 is 1.65 bits per heavy atom. The number of sulfonamides is 1. The van der Waals surface area contributed by atoms with Gasteiger partial charge in [0.25, 0.3) is 0 Å². The van der Waals surface area contributed by atoms with E-state index in [2.05, 4.69) is 31.3 Å². The third-order valence-electron chi connectivity index (χ3n) is 2.84. The summed E-state index contributed by atoms with van der Waals surface area (Å²) in [4.78, 5) is 11.9. The van der Waals surface area contributed by atoms with Gasteiger partial charge in [-0.05, 0) is 35.9 Å². The Morgan fingerprint density at radius 3 is 2.26 bits per heavy atom. The Hall–Kier alpha value is -2.06.